The summed E-state index contributed by atoms with van der Waals surface area (Å²) in [4.78, 5) is 21.6. The van der Waals surface area contributed by atoms with Crippen molar-refractivity contribution in [3.8, 4) is 5.75 Å². The lowest BCUT2D eigenvalue weighted by atomic mass is 10.3. The van der Waals surface area contributed by atoms with Crippen molar-refractivity contribution in [1.82, 2.24) is 19.4 Å². The van der Waals surface area contributed by atoms with Crippen LogP contribution in [0.15, 0.2) is 59.8 Å². The molecule has 2 aromatic carbocycles. The minimum Gasteiger partial charge on any atom is -0.492 e. The van der Waals surface area contributed by atoms with Crippen molar-refractivity contribution < 1.29 is 9.53 Å². The van der Waals surface area contributed by atoms with Crippen LogP contribution in [0.2, 0.25) is 0 Å². The van der Waals surface area contributed by atoms with Crippen molar-refractivity contribution in [3.05, 3.63) is 54.6 Å². The van der Waals surface area contributed by atoms with Crippen molar-refractivity contribution in [3.63, 3.8) is 0 Å². The summed E-state index contributed by atoms with van der Waals surface area (Å²) < 4.78 is 7.83. The van der Waals surface area contributed by atoms with E-state index >= 15 is 0 Å². The Morgan fingerprint density at radius 2 is 1.76 bits per heavy atom. The summed E-state index contributed by atoms with van der Waals surface area (Å²) in [6, 6.07) is 17.9. The summed E-state index contributed by atoms with van der Waals surface area (Å²) >= 11 is 1.51. The first-order valence-corrected chi connectivity index (χ1v) is 10.9. The van der Waals surface area contributed by atoms with Crippen LogP contribution in [0.25, 0.3) is 11.0 Å². The molecule has 0 atom stereocenters. The van der Waals surface area contributed by atoms with E-state index in [2.05, 4.69) is 20.5 Å². The number of nitrogens with zero attached hydrogens (tertiary/aromatic N) is 4. The normalized spacial score (nSPS) is 15.0. The van der Waals surface area contributed by atoms with E-state index in [1.54, 1.807) is 0 Å². The highest BCUT2D eigenvalue weighted by Crippen LogP contribution is 2.23. The lowest BCUT2D eigenvalue weighted by Gasteiger charge is -2.34. The molecule has 7 heteroatoms. The number of hydrogen-bond donors (Lipinski definition) is 0. The Morgan fingerprint density at radius 3 is 2.52 bits per heavy atom. The summed E-state index contributed by atoms with van der Waals surface area (Å²) in [5.41, 5.74) is 2.06. The molecule has 2 heterocycles. The monoisotopic (exact) mass is 410 g/mol. The molecule has 0 saturated carbocycles. The molecule has 1 aliphatic rings. The van der Waals surface area contributed by atoms with E-state index in [1.165, 1.54) is 11.8 Å². The number of rotatable bonds is 7. The minimum absolute atomic E-state index is 0.183. The maximum Gasteiger partial charge on any atom is 0.233 e. The van der Waals surface area contributed by atoms with Crippen molar-refractivity contribution in [1.29, 1.82) is 0 Å². The van der Waals surface area contributed by atoms with E-state index in [1.807, 2.05) is 60.5 Å². The first kappa shape index (κ1) is 19.8. The van der Waals surface area contributed by atoms with Gasteiger partial charge in [0.1, 0.15) is 12.4 Å². The molecular weight excluding hydrogens is 384 g/mol. The number of imidazole rings is 1. The molecule has 1 amide bonds. The number of fused-ring (bicyclic) bond motifs is 1. The molecule has 3 aromatic rings. The van der Waals surface area contributed by atoms with Crippen molar-refractivity contribution in [2.24, 2.45) is 7.05 Å². The van der Waals surface area contributed by atoms with Gasteiger partial charge in [0.15, 0.2) is 5.16 Å². The molecule has 1 fully saturated rings. The van der Waals surface area contributed by atoms with Crippen LogP contribution in [0.4, 0.5) is 0 Å². The average Bonchev–Trinajstić information content (AvgIpc) is 3.09. The molecule has 152 valence electrons. The molecule has 0 bridgehead atoms. The SMILES string of the molecule is Cn1c(SCC(=O)N2CCN(CCOc3ccccc3)CC2)nc2ccccc21. The molecule has 1 aromatic heterocycles. The molecule has 1 saturated heterocycles. The quantitative estimate of drug-likeness (QED) is 0.561. The highest BCUT2D eigenvalue weighted by Gasteiger charge is 2.21. The third kappa shape index (κ3) is 4.92. The molecule has 0 radical (unpaired) electrons. The van der Waals surface area contributed by atoms with Gasteiger partial charge in [-0.1, -0.05) is 42.1 Å². The summed E-state index contributed by atoms with van der Waals surface area (Å²) in [5, 5.41) is 0.885. The number of para-hydroxylation sites is 3. The van der Waals surface area contributed by atoms with Gasteiger partial charge in [0, 0.05) is 39.8 Å². The maximum atomic E-state index is 12.6. The average molecular weight is 411 g/mol. The Kier molecular flexibility index (Phi) is 6.36. The highest BCUT2D eigenvalue weighted by atomic mass is 32.2. The van der Waals surface area contributed by atoms with Gasteiger partial charge in [-0.2, -0.15) is 0 Å². The lowest BCUT2D eigenvalue weighted by molar-refractivity contribution is -0.130. The number of piperazine rings is 1. The van der Waals surface area contributed by atoms with Crippen LogP contribution in [0.5, 0.6) is 5.75 Å². The fraction of sp³-hybridized carbons (Fsp3) is 0.364. The Hall–Kier alpha value is -2.51. The van der Waals surface area contributed by atoms with Crippen LogP contribution in [-0.2, 0) is 11.8 Å². The Labute approximate surface area is 175 Å². The second-order valence-corrected chi connectivity index (χ2v) is 8.06. The second-order valence-electron chi connectivity index (χ2n) is 7.11. The largest absolute Gasteiger partial charge is 0.492 e. The van der Waals surface area contributed by atoms with Crippen LogP contribution in [0.3, 0.4) is 0 Å². The van der Waals surface area contributed by atoms with E-state index in [0.717, 1.165) is 54.7 Å². The van der Waals surface area contributed by atoms with Gasteiger partial charge in [-0.05, 0) is 24.3 Å². The van der Waals surface area contributed by atoms with Crippen molar-refractivity contribution in [2.75, 3.05) is 45.1 Å². The molecule has 4 rings (SSSR count). The van der Waals surface area contributed by atoms with Crippen LogP contribution in [0, 0.1) is 0 Å². The minimum atomic E-state index is 0.183. The van der Waals surface area contributed by atoms with Crippen LogP contribution in [-0.4, -0.2) is 70.3 Å². The van der Waals surface area contributed by atoms with Gasteiger partial charge in [0.25, 0.3) is 0 Å². The number of aryl methyl sites for hydroxylation is 1. The number of aromatic nitrogens is 2. The van der Waals surface area contributed by atoms with Gasteiger partial charge in [-0.15, -0.1) is 0 Å². The van der Waals surface area contributed by atoms with Gasteiger partial charge in [0.2, 0.25) is 5.91 Å². The second kappa shape index (κ2) is 9.33. The summed E-state index contributed by atoms with van der Waals surface area (Å²) in [7, 11) is 2.00. The van der Waals surface area contributed by atoms with Gasteiger partial charge in [-0.3, -0.25) is 9.69 Å². The van der Waals surface area contributed by atoms with E-state index in [9.17, 15) is 4.79 Å². The molecule has 0 N–H and O–H groups in total. The Balaban J connectivity index is 1.20. The molecule has 6 nitrogen and oxygen atoms in total. The van der Waals surface area contributed by atoms with Crippen LogP contribution < -0.4 is 4.74 Å². The van der Waals surface area contributed by atoms with Gasteiger partial charge in [0.05, 0.1) is 16.8 Å². The Morgan fingerprint density at radius 1 is 1.03 bits per heavy atom. The zero-order chi connectivity index (χ0) is 20.1. The number of amides is 1. The summed E-state index contributed by atoms with van der Waals surface area (Å²) in [5.74, 6) is 1.51. The third-order valence-corrected chi connectivity index (χ3v) is 6.23. The van der Waals surface area contributed by atoms with Crippen LogP contribution in [0.1, 0.15) is 0 Å². The topological polar surface area (TPSA) is 50.6 Å². The standard InChI is InChI=1S/C22H26N4O2S/c1-24-20-10-6-5-9-19(20)23-22(24)29-17-21(27)26-13-11-25(12-14-26)15-16-28-18-7-3-2-4-8-18/h2-10H,11-17H2,1H3. The predicted octanol–water partition coefficient (Wildman–Crippen LogP) is 2.89. The number of benzene rings is 2. The zero-order valence-electron chi connectivity index (χ0n) is 16.7. The first-order valence-electron chi connectivity index (χ1n) is 9.93. The molecule has 0 aliphatic carbocycles. The molecule has 1 aliphatic heterocycles. The number of hydrogen-bond acceptors (Lipinski definition) is 5. The Bertz CT molecular complexity index is 952. The summed E-state index contributed by atoms with van der Waals surface area (Å²) in [6.07, 6.45) is 0. The molecule has 0 unspecified atom stereocenters. The van der Waals surface area contributed by atoms with E-state index in [0.29, 0.717) is 12.4 Å². The smallest absolute Gasteiger partial charge is 0.233 e. The van der Waals surface area contributed by atoms with Crippen molar-refractivity contribution >= 4 is 28.7 Å². The van der Waals surface area contributed by atoms with Gasteiger partial charge in [-0.25, -0.2) is 4.98 Å². The number of carbonyl (C=O) groups excluding carboxylic acids is 1. The highest BCUT2D eigenvalue weighted by molar-refractivity contribution is 7.99. The molecule has 0 spiro atoms. The first-order chi connectivity index (χ1) is 14.2. The van der Waals surface area contributed by atoms with Crippen LogP contribution >= 0.6 is 11.8 Å². The van der Waals surface area contributed by atoms with E-state index < -0.39 is 0 Å². The third-order valence-electron chi connectivity index (χ3n) is 5.22. The molecule has 29 heavy (non-hydrogen) atoms. The number of thioether (sulfide) groups is 1. The fourth-order valence-corrected chi connectivity index (χ4v) is 4.39. The lowest BCUT2D eigenvalue weighted by Crippen LogP contribution is -2.50. The zero-order valence-corrected chi connectivity index (χ0v) is 17.5. The maximum absolute atomic E-state index is 12.6. The van der Waals surface area contributed by atoms with Crippen molar-refractivity contribution in [2.45, 2.75) is 5.16 Å². The van der Waals surface area contributed by atoms with Gasteiger partial charge < -0.3 is 14.2 Å². The molecular formula is C22H26N4O2S. The van der Waals surface area contributed by atoms with E-state index in [4.69, 9.17) is 4.74 Å². The number of carbonyl (C=O) groups is 1. The number of ether oxygens (including phenoxy) is 1. The fourth-order valence-electron chi connectivity index (χ4n) is 3.50. The van der Waals surface area contributed by atoms with Gasteiger partial charge >= 0.3 is 0 Å². The summed E-state index contributed by atoms with van der Waals surface area (Å²) in [6.45, 7) is 4.87. The van der Waals surface area contributed by atoms with E-state index in [-0.39, 0.29) is 5.91 Å². The predicted molar refractivity (Wildman–Crippen MR) is 116 cm³/mol.